The second-order valence-corrected chi connectivity index (χ2v) is 2.18. The van der Waals surface area contributed by atoms with Gasteiger partial charge in [-0.3, -0.25) is 0 Å². The molecule has 0 amide bonds. The highest BCUT2D eigenvalue weighted by Crippen LogP contribution is 2.21. The maximum absolute atomic E-state index is 10.1. The van der Waals surface area contributed by atoms with Gasteiger partial charge in [0.25, 0.3) is 0 Å². The van der Waals surface area contributed by atoms with E-state index in [9.17, 15) is 4.91 Å². The maximum atomic E-state index is 10.1. The van der Waals surface area contributed by atoms with E-state index in [0.717, 1.165) is 0 Å². The van der Waals surface area contributed by atoms with Crippen LogP contribution in [0, 0.1) is 18.8 Å². The normalized spacial score (nSPS) is 9.64. The van der Waals surface area contributed by atoms with Gasteiger partial charge >= 0.3 is 0 Å². The van der Waals surface area contributed by atoms with Gasteiger partial charge in [-0.05, 0) is 19.0 Å². The average molecular weight is 152 g/mol. The quantitative estimate of drug-likeness (QED) is 0.610. The number of rotatable bonds is 1. The predicted molar refractivity (Wildman–Crippen MR) is 41.4 cm³/mol. The zero-order valence-corrected chi connectivity index (χ0v) is 6.33. The number of aryl methyl sites for hydroxylation is 2. The lowest BCUT2D eigenvalue weighted by Gasteiger charge is -1.99. The Labute approximate surface area is 63.6 Å². The molecule has 1 aromatic rings. The van der Waals surface area contributed by atoms with Crippen LogP contribution in [0.15, 0.2) is 5.18 Å². The molecule has 0 aliphatic carbocycles. The van der Waals surface area contributed by atoms with Gasteiger partial charge in [-0.25, -0.2) is 9.97 Å². The highest BCUT2D eigenvalue weighted by atomic mass is 16.3. The van der Waals surface area contributed by atoms with Gasteiger partial charge in [-0.15, -0.1) is 4.91 Å². The van der Waals surface area contributed by atoms with Gasteiger partial charge < -0.3 is 5.73 Å². The Morgan fingerprint density at radius 2 is 2.00 bits per heavy atom. The third-order valence-electron chi connectivity index (χ3n) is 1.29. The van der Waals surface area contributed by atoms with Gasteiger partial charge in [0, 0.05) is 0 Å². The predicted octanol–water partition coefficient (Wildman–Crippen LogP) is 1.07. The number of hydrogen-bond donors (Lipinski definition) is 1. The van der Waals surface area contributed by atoms with Crippen molar-refractivity contribution in [2.24, 2.45) is 5.18 Å². The molecule has 0 aromatic carbocycles. The molecule has 1 heterocycles. The lowest BCUT2D eigenvalue weighted by atomic mass is 10.3. The van der Waals surface area contributed by atoms with E-state index in [4.69, 9.17) is 5.73 Å². The van der Waals surface area contributed by atoms with Gasteiger partial charge in [0.05, 0.1) is 5.69 Å². The molecular weight excluding hydrogens is 144 g/mol. The fraction of sp³-hybridized carbons (Fsp3) is 0.333. The van der Waals surface area contributed by atoms with E-state index in [2.05, 4.69) is 15.1 Å². The molecule has 0 spiro atoms. The molecule has 0 unspecified atom stereocenters. The zero-order valence-electron chi connectivity index (χ0n) is 6.33. The molecule has 1 rings (SSSR count). The average Bonchev–Trinajstić information content (AvgIpc) is 1.85. The first kappa shape index (κ1) is 7.59. The molecule has 0 saturated heterocycles. The minimum absolute atomic E-state index is 0.135. The molecule has 0 fully saturated rings. The smallest absolute Gasteiger partial charge is 0.171 e. The monoisotopic (exact) mass is 152 g/mol. The van der Waals surface area contributed by atoms with Crippen molar-refractivity contribution < 1.29 is 0 Å². The largest absolute Gasteiger partial charge is 0.382 e. The fourth-order valence-electron chi connectivity index (χ4n) is 0.846. The summed E-state index contributed by atoms with van der Waals surface area (Å²) in [6.07, 6.45) is 0. The Morgan fingerprint density at radius 3 is 2.45 bits per heavy atom. The summed E-state index contributed by atoms with van der Waals surface area (Å²) in [5.74, 6) is 0.692. The summed E-state index contributed by atoms with van der Waals surface area (Å²) in [7, 11) is 0. The third-order valence-corrected chi connectivity index (χ3v) is 1.29. The highest BCUT2D eigenvalue weighted by molar-refractivity contribution is 5.59. The van der Waals surface area contributed by atoms with Crippen molar-refractivity contribution >= 4 is 11.5 Å². The molecule has 2 N–H and O–H groups in total. The van der Waals surface area contributed by atoms with E-state index in [0.29, 0.717) is 11.5 Å². The number of nitrogen functional groups attached to an aromatic ring is 1. The van der Waals surface area contributed by atoms with E-state index in [1.54, 1.807) is 13.8 Å². The van der Waals surface area contributed by atoms with Crippen molar-refractivity contribution in [1.29, 1.82) is 0 Å². The molecule has 0 bridgehead atoms. The summed E-state index contributed by atoms with van der Waals surface area (Å²) >= 11 is 0. The van der Waals surface area contributed by atoms with Crippen molar-refractivity contribution in [3.63, 3.8) is 0 Å². The summed E-state index contributed by atoms with van der Waals surface area (Å²) in [5, 5.41) is 2.71. The van der Waals surface area contributed by atoms with Crippen LogP contribution in [-0.2, 0) is 0 Å². The number of nitrogens with two attached hydrogens (primary N) is 1. The maximum Gasteiger partial charge on any atom is 0.171 e. The minimum atomic E-state index is 0.135. The number of nitroso groups, excluding NO2 is 1. The molecule has 58 valence electrons. The standard InChI is InChI=1S/C6H8N4O/c1-3-5(10-11)6(7)9-4(2)8-3/h1-2H3,(H2,7,8,9). The molecule has 11 heavy (non-hydrogen) atoms. The Morgan fingerprint density at radius 1 is 1.36 bits per heavy atom. The van der Waals surface area contributed by atoms with Gasteiger partial charge in [0.2, 0.25) is 0 Å². The summed E-state index contributed by atoms with van der Waals surface area (Å²) in [6.45, 7) is 3.37. The van der Waals surface area contributed by atoms with E-state index in [-0.39, 0.29) is 11.5 Å². The van der Waals surface area contributed by atoms with Crippen molar-refractivity contribution in [1.82, 2.24) is 9.97 Å². The van der Waals surface area contributed by atoms with Crippen LogP contribution in [0.4, 0.5) is 11.5 Å². The Bertz CT molecular complexity index is 274. The lowest BCUT2D eigenvalue weighted by molar-refractivity contribution is 1.01. The van der Waals surface area contributed by atoms with Gasteiger partial charge in [0.1, 0.15) is 5.82 Å². The van der Waals surface area contributed by atoms with Gasteiger partial charge in [-0.1, -0.05) is 0 Å². The fourth-order valence-corrected chi connectivity index (χ4v) is 0.846. The van der Waals surface area contributed by atoms with Crippen LogP contribution < -0.4 is 5.73 Å². The molecule has 5 heteroatoms. The van der Waals surface area contributed by atoms with E-state index < -0.39 is 0 Å². The van der Waals surface area contributed by atoms with Gasteiger partial charge in [0.15, 0.2) is 11.5 Å². The molecule has 0 saturated carbocycles. The van der Waals surface area contributed by atoms with Crippen molar-refractivity contribution in [2.75, 3.05) is 5.73 Å². The zero-order chi connectivity index (χ0) is 8.43. The number of hydrogen-bond acceptors (Lipinski definition) is 5. The molecule has 5 nitrogen and oxygen atoms in total. The topological polar surface area (TPSA) is 81.2 Å². The van der Waals surface area contributed by atoms with Gasteiger partial charge in [-0.2, -0.15) is 0 Å². The number of nitrogens with zero attached hydrogens (tertiary/aromatic N) is 3. The van der Waals surface area contributed by atoms with Crippen LogP contribution in [0.3, 0.4) is 0 Å². The summed E-state index contributed by atoms with van der Waals surface area (Å²) in [4.78, 5) is 17.8. The minimum Gasteiger partial charge on any atom is -0.382 e. The summed E-state index contributed by atoms with van der Waals surface area (Å²) in [5.41, 5.74) is 6.04. The van der Waals surface area contributed by atoms with Crippen molar-refractivity contribution in [3.8, 4) is 0 Å². The molecule has 0 aliphatic rings. The Hall–Kier alpha value is -1.52. The van der Waals surface area contributed by atoms with Crippen LogP contribution in [0.2, 0.25) is 0 Å². The first-order valence-electron chi connectivity index (χ1n) is 3.09. The summed E-state index contributed by atoms with van der Waals surface area (Å²) < 4.78 is 0. The van der Waals surface area contributed by atoms with E-state index >= 15 is 0 Å². The lowest BCUT2D eigenvalue weighted by Crippen LogP contribution is -1.98. The van der Waals surface area contributed by atoms with Crippen molar-refractivity contribution in [3.05, 3.63) is 16.4 Å². The van der Waals surface area contributed by atoms with E-state index in [1.807, 2.05) is 0 Å². The molecular formula is C6H8N4O. The number of anilines is 1. The number of aromatic nitrogens is 2. The third kappa shape index (κ3) is 1.31. The second-order valence-electron chi connectivity index (χ2n) is 2.18. The van der Waals surface area contributed by atoms with Crippen LogP contribution in [0.5, 0.6) is 0 Å². The first-order chi connectivity index (χ1) is 5.15. The highest BCUT2D eigenvalue weighted by Gasteiger charge is 2.06. The van der Waals surface area contributed by atoms with Crippen LogP contribution in [-0.4, -0.2) is 9.97 Å². The second kappa shape index (κ2) is 2.61. The summed E-state index contributed by atoms with van der Waals surface area (Å²) in [6, 6.07) is 0. The Kier molecular flexibility index (Phi) is 1.80. The molecule has 1 aromatic heterocycles. The van der Waals surface area contributed by atoms with Crippen LogP contribution in [0.1, 0.15) is 11.5 Å². The van der Waals surface area contributed by atoms with Crippen LogP contribution >= 0.6 is 0 Å². The molecule has 0 aliphatic heterocycles. The van der Waals surface area contributed by atoms with Crippen LogP contribution in [0.25, 0.3) is 0 Å². The molecule has 0 atom stereocenters. The Balaban J connectivity index is 3.36. The van der Waals surface area contributed by atoms with Crippen molar-refractivity contribution in [2.45, 2.75) is 13.8 Å². The SMILES string of the molecule is Cc1nc(C)c(N=O)c(N)n1. The first-order valence-corrected chi connectivity index (χ1v) is 3.09. The molecule has 0 radical (unpaired) electrons. The van der Waals surface area contributed by atoms with E-state index in [1.165, 1.54) is 0 Å².